The highest BCUT2D eigenvalue weighted by molar-refractivity contribution is 5.54. The van der Waals surface area contributed by atoms with Crippen LogP contribution in [-0.2, 0) is 6.42 Å². The van der Waals surface area contributed by atoms with Gasteiger partial charge in [0.1, 0.15) is 0 Å². The van der Waals surface area contributed by atoms with Crippen molar-refractivity contribution in [3.63, 3.8) is 0 Å². The Hall–Kier alpha value is -1.38. The summed E-state index contributed by atoms with van der Waals surface area (Å²) in [7, 11) is 0. The normalized spacial score (nSPS) is 10.8. The van der Waals surface area contributed by atoms with Gasteiger partial charge in [-0.2, -0.15) is 14.8 Å². The molecule has 0 atom stereocenters. The quantitative estimate of drug-likeness (QED) is 0.636. The van der Waals surface area contributed by atoms with E-state index in [1.54, 1.807) is 10.8 Å². The third kappa shape index (κ3) is 0.897. The van der Waals surface area contributed by atoms with Crippen molar-refractivity contribution in [1.29, 1.82) is 0 Å². The number of rotatable bonds is 1. The molecule has 0 saturated heterocycles. The molecule has 62 valence electrons. The first-order valence-electron chi connectivity index (χ1n) is 4.12. The summed E-state index contributed by atoms with van der Waals surface area (Å²) in [6.07, 6.45) is 2.76. The fraction of sp³-hybridized carbons (Fsp3) is 0.333. The van der Waals surface area contributed by atoms with Crippen molar-refractivity contribution in [2.45, 2.75) is 20.3 Å². The zero-order valence-corrected chi connectivity index (χ0v) is 7.28. The van der Waals surface area contributed by atoms with E-state index in [2.05, 4.69) is 17.1 Å². The Bertz CT molecular complexity index is 403. The molecule has 0 aliphatic carbocycles. The molecular formula is C9H11N3. The largest absolute Gasteiger partial charge is 0.159 e. The molecule has 2 rings (SSSR count). The molecule has 0 spiro atoms. The molecule has 0 saturated carbocycles. The molecule has 0 aliphatic rings. The van der Waals surface area contributed by atoms with E-state index >= 15 is 0 Å². The van der Waals surface area contributed by atoms with Crippen LogP contribution in [0.2, 0.25) is 0 Å². The maximum absolute atomic E-state index is 4.29. The molecule has 0 radical (unpaired) electrons. The summed E-state index contributed by atoms with van der Waals surface area (Å²) in [5.74, 6) is 0. The van der Waals surface area contributed by atoms with Crippen LogP contribution in [0, 0.1) is 6.92 Å². The van der Waals surface area contributed by atoms with Crippen LogP contribution in [0.25, 0.3) is 5.52 Å². The maximum Gasteiger partial charge on any atom is 0.0907 e. The standard InChI is InChI=1S/C9H11N3/c1-3-8-7(2)11-12-9(8)5-4-6-10-12/h4-6H,3H2,1-2H3. The van der Waals surface area contributed by atoms with Gasteiger partial charge in [0.25, 0.3) is 0 Å². The lowest BCUT2D eigenvalue weighted by atomic mass is 10.2. The van der Waals surface area contributed by atoms with Gasteiger partial charge in [-0.3, -0.25) is 0 Å². The molecule has 2 aromatic rings. The van der Waals surface area contributed by atoms with Crippen molar-refractivity contribution in [1.82, 2.24) is 14.8 Å². The highest BCUT2D eigenvalue weighted by Gasteiger charge is 2.05. The summed E-state index contributed by atoms with van der Waals surface area (Å²) in [4.78, 5) is 0. The molecule has 0 aromatic carbocycles. The van der Waals surface area contributed by atoms with Crippen LogP contribution in [0.1, 0.15) is 18.2 Å². The molecule has 3 heteroatoms. The number of nitrogens with zero attached hydrogens (tertiary/aromatic N) is 3. The summed E-state index contributed by atoms with van der Waals surface area (Å²) in [5.41, 5.74) is 3.50. The first-order chi connectivity index (χ1) is 5.83. The topological polar surface area (TPSA) is 30.2 Å². The molecule has 0 amide bonds. The Morgan fingerprint density at radius 2 is 2.33 bits per heavy atom. The second-order valence-corrected chi connectivity index (χ2v) is 2.82. The van der Waals surface area contributed by atoms with E-state index in [0.29, 0.717) is 0 Å². The van der Waals surface area contributed by atoms with Gasteiger partial charge in [0.15, 0.2) is 0 Å². The predicted molar refractivity (Wildman–Crippen MR) is 47.1 cm³/mol. The minimum Gasteiger partial charge on any atom is -0.159 e. The Labute approximate surface area is 71.0 Å². The van der Waals surface area contributed by atoms with Crippen molar-refractivity contribution >= 4 is 5.52 Å². The summed E-state index contributed by atoms with van der Waals surface area (Å²) in [5, 5.41) is 8.41. The van der Waals surface area contributed by atoms with Crippen LogP contribution < -0.4 is 0 Å². The zero-order chi connectivity index (χ0) is 8.55. The number of hydrogen-bond acceptors (Lipinski definition) is 2. The van der Waals surface area contributed by atoms with Crippen LogP contribution in [0.15, 0.2) is 18.3 Å². The average molecular weight is 161 g/mol. The first-order valence-corrected chi connectivity index (χ1v) is 4.12. The van der Waals surface area contributed by atoms with Gasteiger partial charge < -0.3 is 0 Å². The Morgan fingerprint density at radius 3 is 3.08 bits per heavy atom. The molecular weight excluding hydrogens is 150 g/mol. The number of hydrogen-bond donors (Lipinski definition) is 0. The van der Waals surface area contributed by atoms with Crippen molar-refractivity contribution in [2.24, 2.45) is 0 Å². The summed E-state index contributed by atoms with van der Waals surface area (Å²) >= 11 is 0. The van der Waals surface area contributed by atoms with Gasteiger partial charge >= 0.3 is 0 Å². The van der Waals surface area contributed by atoms with Crippen LogP contribution in [-0.4, -0.2) is 14.8 Å². The smallest absolute Gasteiger partial charge is 0.0907 e. The lowest BCUT2D eigenvalue weighted by Gasteiger charge is -1.92. The molecule has 0 fully saturated rings. The molecule has 3 nitrogen and oxygen atoms in total. The average Bonchev–Trinajstić information content (AvgIpc) is 2.40. The molecule has 2 heterocycles. The fourth-order valence-corrected chi connectivity index (χ4v) is 1.49. The Morgan fingerprint density at radius 1 is 1.50 bits per heavy atom. The van der Waals surface area contributed by atoms with E-state index in [-0.39, 0.29) is 0 Å². The van der Waals surface area contributed by atoms with E-state index in [1.165, 1.54) is 5.56 Å². The van der Waals surface area contributed by atoms with Crippen LogP contribution in [0.4, 0.5) is 0 Å². The van der Waals surface area contributed by atoms with Crippen LogP contribution in [0.3, 0.4) is 0 Å². The molecule has 12 heavy (non-hydrogen) atoms. The minimum atomic E-state index is 1.01. The van der Waals surface area contributed by atoms with E-state index in [4.69, 9.17) is 0 Å². The molecule has 2 aromatic heterocycles. The number of aryl methyl sites for hydroxylation is 2. The van der Waals surface area contributed by atoms with Gasteiger partial charge in [-0.1, -0.05) is 6.92 Å². The monoisotopic (exact) mass is 161 g/mol. The van der Waals surface area contributed by atoms with Gasteiger partial charge in [0.2, 0.25) is 0 Å². The summed E-state index contributed by atoms with van der Waals surface area (Å²) < 4.78 is 1.69. The summed E-state index contributed by atoms with van der Waals surface area (Å²) in [6.45, 7) is 4.16. The highest BCUT2D eigenvalue weighted by atomic mass is 15.4. The molecule has 0 aliphatic heterocycles. The maximum atomic E-state index is 4.29. The lowest BCUT2D eigenvalue weighted by Crippen LogP contribution is -1.90. The van der Waals surface area contributed by atoms with Gasteiger partial charge in [0, 0.05) is 11.8 Å². The third-order valence-corrected chi connectivity index (χ3v) is 2.08. The highest BCUT2D eigenvalue weighted by Crippen LogP contribution is 2.13. The van der Waals surface area contributed by atoms with Gasteiger partial charge in [-0.15, -0.1) is 0 Å². The van der Waals surface area contributed by atoms with Crippen molar-refractivity contribution in [3.05, 3.63) is 29.6 Å². The number of aromatic nitrogens is 3. The van der Waals surface area contributed by atoms with Crippen molar-refractivity contribution in [3.8, 4) is 0 Å². The molecule has 0 unspecified atom stereocenters. The second kappa shape index (κ2) is 2.59. The SMILES string of the molecule is CCc1c(C)nn2ncccc12. The van der Waals surface area contributed by atoms with E-state index < -0.39 is 0 Å². The van der Waals surface area contributed by atoms with E-state index in [0.717, 1.165) is 17.6 Å². The first kappa shape index (κ1) is 7.28. The van der Waals surface area contributed by atoms with Crippen molar-refractivity contribution < 1.29 is 0 Å². The summed E-state index contributed by atoms with van der Waals surface area (Å²) in [6, 6.07) is 3.99. The lowest BCUT2D eigenvalue weighted by molar-refractivity contribution is 0.787. The zero-order valence-electron chi connectivity index (χ0n) is 7.28. The Kier molecular flexibility index (Phi) is 1.57. The number of fused-ring (bicyclic) bond motifs is 1. The third-order valence-electron chi connectivity index (χ3n) is 2.08. The Balaban J connectivity index is 2.81. The predicted octanol–water partition coefficient (Wildman–Crippen LogP) is 1.60. The molecule has 0 bridgehead atoms. The van der Waals surface area contributed by atoms with E-state index in [9.17, 15) is 0 Å². The van der Waals surface area contributed by atoms with Crippen molar-refractivity contribution in [2.75, 3.05) is 0 Å². The second-order valence-electron chi connectivity index (χ2n) is 2.82. The minimum absolute atomic E-state index is 1.01. The van der Waals surface area contributed by atoms with Gasteiger partial charge in [-0.25, -0.2) is 0 Å². The van der Waals surface area contributed by atoms with Crippen LogP contribution >= 0.6 is 0 Å². The fourth-order valence-electron chi connectivity index (χ4n) is 1.49. The van der Waals surface area contributed by atoms with Gasteiger partial charge in [0.05, 0.1) is 11.2 Å². The van der Waals surface area contributed by atoms with Crippen LogP contribution in [0.5, 0.6) is 0 Å². The van der Waals surface area contributed by atoms with E-state index in [1.807, 2.05) is 19.1 Å². The molecule has 0 N–H and O–H groups in total. The van der Waals surface area contributed by atoms with Gasteiger partial charge in [-0.05, 0) is 25.5 Å².